The van der Waals surface area contributed by atoms with Gasteiger partial charge in [-0.25, -0.2) is 0 Å². The first-order chi connectivity index (χ1) is 8.09. The Morgan fingerprint density at radius 2 is 1.94 bits per heavy atom. The lowest BCUT2D eigenvalue weighted by Gasteiger charge is -2.19. The number of pyridine rings is 1. The predicted molar refractivity (Wildman–Crippen MR) is 79.3 cm³/mol. The maximum absolute atomic E-state index is 6.32. The summed E-state index contributed by atoms with van der Waals surface area (Å²) in [6.07, 6.45) is 3.61. The van der Waals surface area contributed by atoms with Gasteiger partial charge in [0.15, 0.2) is 0 Å². The Morgan fingerprint density at radius 3 is 2.47 bits per heavy atom. The summed E-state index contributed by atoms with van der Waals surface area (Å²) in [4.78, 5) is 4.03. The van der Waals surface area contributed by atoms with E-state index in [4.69, 9.17) is 5.73 Å². The summed E-state index contributed by atoms with van der Waals surface area (Å²) in [6, 6.07) is 6.09. The van der Waals surface area contributed by atoms with Crippen LogP contribution in [-0.2, 0) is 0 Å². The van der Waals surface area contributed by atoms with Crippen molar-refractivity contribution in [3.8, 4) is 0 Å². The Balaban J connectivity index is 2.26. The molecule has 2 rings (SSSR count). The van der Waals surface area contributed by atoms with E-state index in [1.807, 2.05) is 12.1 Å². The van der Waals surface area contributed by atoms with Gasteiger partial charge in [-0.15, -0.1) is 11.3 Å². The Bertz CT molecular complexity index is 498. The van der Waals surface area contributed by atoms with Crippen molar-refractivity contribution in [3.63, 3.8) is 0 Å². The van der Waals surface area contributed by atoms with Crippen molar-refractivity contribution < 1.29 is 0 Å². The molecule has 0 aliphatic rings. The number of thiophene rings is 1. The molecule has 2 nitrogen and oxygen atoms in total. The first-order valence-corrected chi connectivity index (χ1v) is 7.60. The van der Waals surface area contributed by atoms with Crippen molar-refractivity contribution >= 4 is 43.2 Å². The molecule has 0 radical (unpaired) electrons. The monoisotopic (exact) mass is 374 g/mol. The van der Waals surface area contributed by atoms with E-state index in [2.05, 4.69) is 49.8 Å². The zero-order valence-corrected chi connectivity index (χ0v) is 13.2. The molecule has 2 N–H and O–H groups in total. The molecule has 0 aromatic carbocycles. The lowest BCUT2D eigenvalue weighted by Crippen LogP contribution is -2.17. The van der Waals surface area contributed by atoms with Gasteiger partial charge in [0.25, 0.3) is 0 Å². The van der Waals surface area contributed by atoms with Gasteiger partial charge in [-0.1, -0.05) is 6.92 Å². The fourth-order valence-corrected chi connectivity index (χ4v) is 4.68. The van der Waals surface area contributed by atoms with Crippen LogP contribution in [0.15, 0.2) is 38.2 Å². The number of hydrogen-bond donors (Lipinski definition) is 1. The van der Waals surface area contributed by atoms with Gasteiger partial charge in [0, 0.05) is 24.4 Å². The van der Waals surface area contributed by atoms with E-state index < -0.39 is 0 Å². The van der Waals surface area contributed by atoms with E-state index in [0.717, 1.165) is 13.1 Å². The Kier molecular flexibility index (Phi) is 4.36. The summed E-state index contributed by atoms with van der Waals surface area (Å²) in [6.45, 7) is 2.14. The summed E-state index contributed by atoms with van der Waals surface area (Å²) in [5.74, 6) is 0.260. The molecule has 0 amide bonds. The van der Waals surface area contributed by atoms with E-state index in [9.17, 15) is 0 Å². The SMILES string of the molecule is CC(c1ccncc1)C(N)c1cc(Br)sc1Br. The summed E-state index contributed by atoms with van der Waals surface area (Å²) < 4.78 is 2.19. The van der Waals surface area contributed by atoms with Crippen LogP contribution >= 0.6 is 43.2 Å². The van der Waals surface area contributed by atoms with E-state index in [1.54, 1.807) is 23.7 Å². The van der Waals surface area contributed by atoms with Crippen LogP contribution in [0.4, 0.5) is 0 Å². The quantitative estimate of drug-likeness (QED) is 0.859. The van der Waals surface area contributed by atoms with Crippen LogP contribution in [0.25, 0.3) is 0 Å². The molecule has 0 aliphatic carbocycles. The van der Waals surface area contributed by atoms with Gasteiger partial charge < -0.3 is 5.73 Å². The number of rotatable bonds is 3. The third-order valence-electron chi connectivity index (χ3n) is 2.81. The largest absolute Gasteiger partial charge is 0.323 e. The van der Waals surface area contributed by atoms with Crippen molar-refractivity contribution in [2.45, 2.75) is 18.9 Å². The maximum Gasteiger partial charge on any atom is 0.0758 e. The van der Waals surface area contributed by atoms with Gasteiger partial charge in [0.2, 0.25) is 0 Å². The van der Waals surface area contributed by atoms with Gasteiger partial charge in [0.05, 0.1) is 7.57 Å². The molecule has 0 fully saturated rings. The van der Waals surface area contributed by atoms with Gasteiger partial charge in [0.1, 0.15) is 0 Å². The third-order valence-corrected chi connectivity index (χ3v) is 5.20. The molecular weight excluding hydrogens is 364 g/mol. The van der Waals surface area contributed by atoms with Crippen LogP contribution < -0.4 is 5.73 Å². The molecule has 0 saturated carbocycles. The molecule has 0 spiro atoms. The summed E-state index contributed by atoms with van der Waals surface area (Å²) in [7, 11) is 0. The molecule has 0 saturated heterocycles. The van der Waals surface area contributed by atoms with Gasteiger partial charge in [-0.3, -0.25) is 4.98 Å². The topological polar surface area (TPSA) is 38.9 Å². The van der Waals surface area contributed by atoms with E-state index in [1.165, 1.54) is 5.56 Å². The van der Waals surface area contributed by atoms with E-state index >= 15 is 0 Å². The maximum atomic E-state index is 6.32. The highest BCUT2D eigenvalue weighted by molar-refractivity contribution is 9.12. The van der Waals surface area contributed by atoms with Crippen molar-refractivity contribution in [2.24, 2.45) is 5.73 Å². The lowest BCUT2D eigenvalue weighted by molar-refractivity contribution is 0.597. The second-order valence-corrected chi connectivity index (χ2v) is 7.62. The molecule has 5 heteroatoms. The highest BCUT2D eigenvalue weighted by Gasteiger charge is 2.20. The van der Waals surface area contributed by atoms with Crippen LogP contribution in [0.2, 0.25) is 0 Å². The minimum Gasteiger partial charge on any atom is -0.323 e. The second kappa shape index (κ2) is 5.61. The van der Waals surface area contributed by atoms with Gasteiger partial charge >= 0.3 is 0 Å². The second-order valence-electron chi connectivity index (χ2n) is 3.87. The average Bonchev–Trinajstić information content (AvgIpc) is 2.68. The van der Waals surface area contributed by atoms with Crippen LogP contribution in [0.3, 0.4) is 0 Å². The fraction of sp³-hybridized carbons (Fsp3) is 0.250. The Hall–Kier alpha value is -0.230. The molecule has 2 aromatic heterocycles. The average molecular weight is 376 g/mol. The summed E-state index contributed by atoms with van der Waals surface area (Å²) in [5, 5.41) is 0. The normalized spacial score (nSPS) is 14.6. The third kappa shape index (κ3) is 2.96. The lowest BCUT2D eigenvalue weighted by atomic mass is 9.91. The number of hydrogen-bond acceptors (Lipinski definition) is 3. The number of aromatic nitrogens is 1. The Labute approximate surface area is 122 Å². The molecule has 2 atom stereocenters. The predicted octanol–water partition coefficient (Wildman–Crippen LogP) is 4.47. The van der Waals surface area contributed by atoms with Crippen LogP contribution in [0.1, 0.15) is 30.0 Å². The molecular formula is C12H12Br2N2S. The highest BCUT2D eigenvalue weighted by Crippen LogP contribution is 2.39. The van der Waals surface area contributed by atoms with Crippen LogP contribution in [-0.4, -0.2) is 4.98 Å². The van der Waals surface area contributed by atoms with Crippen molar-refractivity contribution in [1.82, 2.24) is 4.98 Å². The van der Waals surface area contributed by atoms with Gasteiger partial charge in [-0.2, -0.15) is 0 Å². The smallest absolute Gasteiger partial charge is 0.0758 e. The first-order valence-electron chi connectivity index (χ1n) is 5.20. The van der Waals surface area contributed by atoms with Gasteiger partial charge in [-0.05, 0) is 61.2 Å². The number of nitrogens with two attached hydrogens (primary N) is 1. The zero-order chi connectivity index (χ0) is 12.4. The Morgan fingerprint density at radius 1 is 1.29 bits per heavy atom. The summed E-state index contributed by atoms with van der Waals surface area (Å²) in [5.41, 5.74) is 8.67. The van der Waals surface area contributed by atoms with Crippen molar-refractivity contribution in [1.29, 1.82) is 0 Å². The van der Waals surface area contributed by atoms with Crippen LogP contribution in [0.5, 0.6) is 0 Å². The fourth-order valence-electron chi connectivity index (χ4n) is 1.72. The zero-order valence-electron chi connectivity index (χ0n) is 9.23. The summed E-state index contributed by atoms with van der Waals surface area (Å²) >= 11 is 8.69. The minimum atomic E-state index is -0.0191. The van der Waals surface area contributed by atoms with Crippen molar-refractivity contribution in [2.75, 3.05) is 0 Å². The number of halogens is 2. The molecule has 17 heavy (non-hydrogen) atoms. The van der Waals surface area contributed by atoms with Crippen molar-refractivity contribution in [3.05, 3.63) is 49.3 Å². The molecule has 2 heterocycles. The molecule has 2 aromatic rings. The molecule has 0 bridgehead atoms. The molecule has 90 valence electrons. The molecule has 0 aliphatic heterocycles. The molecule has 2 unspecified atom stereocenters. The standard InChI is InChI=1S/C12H12Br2N2S/c1-7(8-2-4-16-5-3-8)11(15)9-6-10(13)17-12(9)14/h2-7,11H,15H2,1H3. The number of nitrogens with zero attached hydrogens (tertiary/aromatic N) is 1. The van der Waals surface area contributed by atoms with E-state index in [0.29, 0.717) is 0 Å². The van der Waals surface area contributed by atoms with E-state index in [-0.39, 0.29) is 12.0 Å². The minimum absolute atomic E-state index is 0.0191. The van der Waals surface area contributed by atoms with Crippen LogP contribution in [0, 0.1) is 0 Å². The first kappa shape index (κ1) is 13.2. The highest BCUT2D eigenvalue weighted by atomic mass is 79.9.